The van der Waals surface area contributed by atoms with Crippen LogP contribution in [-0.4, -0.2) is 9.97 Å². The van der Waals surface area contributed by atoms with Crippen LogP contribution in [0.15, 0.2) is 58.0 Å². The average molecular weight is 383 g/mol. The summed E-state index contributed by atoms with van der Waals surface area (Å²) in [6, 6.07) is 14.8. The molecule has 3 N–H and O–H groups in total. The minimum Gasteiger partial charge on any atom is -0.332 e. The third-order valence-corrected chi connectivity index (χ3v) is 6.36. The Morgan fingerprint density at radius 1 is 1.04 bits per heavy atom. The number of aromatic amines is 1. The van der Waals surface area contributed by atoms with Crippen LogP contribution in [0.3, 0.4) is 0 Å². The summed E-state index contributed by atoms with van der Waals surface area (Å²) >= 11 is 3.18. The molecule has 0 aliphatic heterocycles. The molecule has 0 spiro atoms. The topological polar surface area (TPSA) is 62.4 Å². The van der Waals surface area contributed by atoms with Gasteiger partial charge in [0.2, 0.25) is 0 Å². The van der Waals surface area contributed by atoms with E-state index in [1.54, 1.807) is 11.3 Å². The Morgan fingerprint density at radius 2 is 1.85 bits per heavy atom. The van der Waals surface area contributed by atoms with Crippen LogP contribution < -0.4 is 10.9 Å². The summed E-state index contributed by atoms with van der Waals surface area (Å²) in [5.41, 5.74) is 2.19. The first-order valence-corrected chi connectivity index (χ1v) is 10.3. The Bertz CT molecular complexity index is 1070. The van der Waals surface area contributed by atoms with Gasteiger partial charge in [-0.25, -0.2) is 4.98 Å². The molecular weight excluding hydrogens is 362 g/mol. The monoisotopic (exact) mass is 382 g/mol. The SMILES string of the molecule is C[C@@H]([NH2+][C@H](C)c1nc2scc(-c3cccs3)c2c(=O)[nH]1)c1ccccc1. The molecule has 6 heteroatoms. The van der Waals surface area contributed by atoms with E-state index in [9.17, 15) is 4.79 Å². The van der Waals surface area contributed by atoms with Gasteiger partial charge in [-0.05, 0) is 25.3 Å². The van der Waals surface area contributed by atoms with Crippen LogP contribution in [0, 0.1) is 0 Å². The maximum Gasteiger partial charge on any atom is 0.260 e. The summed E-state index contributed by atoms with van der Waals surface area (Å²) in [5.74, 6) is 0.727. The predicted molar refractivity (Wildman–Crippen MR) is 109 cm³/mol. The van der Waals surface area contributed by atoms with Gasteiger partial charge in [0.05, 0.1) is 5.39 Å². The second kappa shape index (κ2) is 7.15. The van der Waals surface area contributed by atoms with Crippen molar-refractivity contribution in [1.82, 2.24) is 9.97 Å². The van der Waals surface area contributed by atoms with Crippen LogP contribution >= 0.6 is 22.7 Å². The minimum absolute atomic E-state index is 0.0535. The van der Waals surface area contributed by atoms with Crippen molar-refractivity contribution in [1.29, 1.82) is 0 Å². The average Bonchev–Trinajstić information content (AvgIpc) is 3.31. The number of nitrogens with two attached hydrogens (primary N) is 1. The van der Waals surface area contributed by atoms with E-state index in [1.165, 1.54) is 16.9 Å². The molecule has 0 unspecified atom stereocenters. The number of quaternary nitrogens is 1. The third kappa shape index (κ3) is 3.23. The summed E-state index contributed by atoms with van der Waals surface area (Å²) in [6.07, 6.45) is 0. The van der Waals surface area contributed by atoms with Gasteiger partial charge in [0.15, 0.2) is 5.82 Å². The van der Waals surface area contributed by atoms with Crippen LogP contribution in [0.2, 0.25) is 0 Å². The van der Waals surface area contributed by atoms with Gasteiger partial charge in [0, 0.05) is 21.4 Å². The normalized spacial score (nSPS) is 13.8. The van der Waals surface area contributed by atoms with Crippen LogP contribution in [0.25, 0.3) is 20.7 Å². The lowest BCUT2D eigenvalue weighted by atomic mass is 10.1. The van der Waals surface area contributed by atoms with E-state index in [2.05, 4.69) is 36.3 Å². The Kier molecular flexibility index (Phi) is 4.72. The number of thiophene rings is 2. The number of benzene rings is 1. The van der Waals surface area contributed by atoms with Crippen molar-refractivity contribution in [3.8, 4) is 10.4 Å². The van der Waals surface area contributed by atoms with Crippen molar-refractivity contribution in [2.45, 2.75) is 25.9 Å². The van der Waals surface area contributed by atoms with Gasteiger partial charge in [0.25, 0.3) is 5.56 Å². The number of H-pyrrole nitrogens is 1. The first kappa shape index (κ1) is 17.1. The zero-order valence-electron chi connectivity index (χ0n) is 14.6. The summed E-state index contributed by atoms with van der Waals surface area (Å²) in [4.78, 5) is 22.4. The molecule has 132 valence electrons. The summed E-state index contributed by atoms with van der Waals surface area (Å²) in [5, 5.41) is 6.98. The van der Waals surface area contributed by atoms with Crippen molar-refractivity contribution >= 4 is 32.9 Å². The highest BCUT2D eigenvalue weighted by molar-refractivity contribution is 7.18. The van der Waals surface area contributed by atoms with Gasteiger partial charge in [-0.1, -0.05) is 36.4 Å². The Labute approximate surface area is 159 Å². The second-order valence-corrected chi connectivity index (χ2v) is 8.24. The molecule has 26 heavy (non-hydrogen) atoms. The second-order valence-electron chi connectivity index (χ2n) is 6.44. The molecule has 0 aliphatic rings. The van der Waals surface area contributed by atoms with E-state index < -0.39 is 0 Å². The number of hydrogen-bond donors (Lipinski definition) is 2. The Balaban J connectivity index is 1.64. The van der Waals surface area contributed by atoms with E-state index >= 15 is 0 Å². The van der Waals surface area contributed by atoms with Gasteiger partial charge in [-0.3, -0.25) is 4.79 Å². The zero-order valence-corrected chi connectivity index (χ0v) is 16.2. The molecule has 4 aromatic rings. The first-order valence-electron chi connectivity index (χ1n) is 8.58. The molecule has 3 aromatic heterocycles. The molecule has 0 bridgehead atoms. The van der Waals surface area contributed by atoms with E-state index in [0.717, 1.165) is 21.1 Å². The lowest BCUT2D eigenvalue weighted by Gasteiger charge is -2.16. The van der Waals surface area contributed by atoms with Crippen LogP contribution in [0.5, 0.6) is 0 Å². The quantitative estimate of drug-likeness (QED) is 0.546. The molecular formula is C20H20N3OS2+. The van der Waals surface area contributed by atoms with Gasteiger partial charge in [-0.15, -0.1) is 22.7 Å². The van der Waals surface area contributed by atoms with Crippen LogP contribution in [0.4, 0.5) is 0 Å². The van der Waals surface area contributed by atoms with Crippen LogP contribution in [0.1, 0.15) is 37.3 Å². The molecule has 0 fully saturated rings. The number of fused-ring (bicyclic) bond motifs is 1. The summed E-state index contributed by atoms with van der Waals surface area (Å²) < 4.78 is 0. The smallest absolute Gasteiger partial charge is 0.260 e. The van der Waals surface area contributed by atoms with E-state index in [0.29, 0.717) is 5.39 Å². The fourth-order valence-corrected chi connectivity index (χ4v) is 4.96. The van der Waals surface area contributed by atoms with Crippen molar-refractivity contribution in [2.24, 2.45) is 0 Å². The molecule has 0 saturated heterocycles. The lowest BCUT2D eigenvalue weighted by molar-refractivity contribution is -0.729. The first-order chi connectivity index (χ1) is 12.6. The molecule has 4 nitrogen and oxygen atoms in total. The van der Waals surface area contributed by atoms with Crippen molar-refractivity contribution in [3.05, 3.63) is 75.0 Å². The minimum atomic E-state index is -0.0535. The highest BCUT2D eigenvalue weighted by Crippen LogP contribution is 2.33. The third-order valence-electron chi connectivity index (χ3n) is 4.58. The van der Waals surface area contributed by atoms with E-state index in [-0.39, 0.29) is 17.6 Å². The highest BCUT2D eigenvalue weighted by Gasteiger charge is 2.20. The highest BCUT2D eigenvalue weighted by atomic mass is 32.1. The zero-order chi connectivity index (χ0) is 18.1. The van der Waals surface area contributed by atoms with Gasteiger partial charge >= 0.3 is 0 Å². The van der Waals surface area contributed by atoms with Crippen molar-refractivity contribution in [2.75, 3.05) is 0 Å². The lowest BCUT2D eigenvalue weighted by Crippen LogP contribution is -2.85. The molecule has 1 aromatic carbocycles. The number of nitrogens with zero attached hydrogens (tertiary/aromatic N) is 1. The molecule has 3 heterocycles. The van der Waals surface area contributed by atoms with Crippen molar-refractivity contribution < 1.29 is 5.32 Å². The molecule has 0 aliphatic carbocycles. The Morgan fingerprint density at radius 3 is 2.58 bits per heavy atom. The van der Waals surface area contributed by atoms with Gasteiger partial charge in [-0.2, -0.15) is 0 Å². The molecule has 0 radical (unpaired) electrons. The van der Waals surface area contributed by atoms with Crippen molar-refractivity contribution in [3.63, 3.8) is 0 Å². The number of rotatable bonds is 5. The largest absolute Gasteiger partial charge is 0.332 e. The molecule has 0 saturated carbocycles. The van der Waals surface area contributed by atoms with Gasteiger partial charge < -0.3 is 10.3 Å². The van der Waals surface area contributed by atoms with Gasteiger partial charge in [0.1, 0.15) is 16.9 Å². The Hall–Kier alpha value is -2.28. The molecule has 4 rings (SSSR count). The molecule has 0 amide bonds. The summed E-state index contributed by atoms with van der Waals surface area (Å²) in [7, 11) is 0. The maximum atomic E-state index is 12.7. The van der Waals surface area contributed by atoms with E-state index in [1.807, 2.05) is 41.1 Å². The standard InChI is InChI=1S/C20H19N3OS2/c1-12(14-7-4-3-5-8-14)21-13(2)18-22-19(24)17-15(11-26-20(17)23-18)16-9-6-10-25-16/h3-13,21H,1-2H3,(H,22,23,24)/p+1/t12-,13-/m1/s1. The number of hydrogen-bond acceptors (Lipinski definition) is 4. The fraction of sp³-hybridized carbons (Fsp3) is 0.200. The van der Waals surface area contributed by atoms with E-state index in [4.69, 9.17) is 4.98 Å². The maximum absolute atomic E-state index is 12.7. The summed E-state index contributed by atoms with van der Waals surface area (Å²) in [6.45, 7) is 4.25. The number of aromatic nitrogens is 2. The number of nitrogens with one attached hydrogen (secondary N) is 1. The fourth-order valence-electron chi connectivity index (χ4n) is 3.19. The molecule has 2 atom stereocenters. The predicted octanol–water partition coefficient (Wildman–Crippen LogP) is 4.10. The van der Waals surface area contributed by atoms with Crippen LogP contribution in [-0.2, 0) is 0 Å².